The van der Waals surface area contributed by atoms with E-state index in [2.05, 4.69) is 20.3 Å². The number of carbonyl (C=O) groups excluding carboxylic acids is 1. The normalized spacial score (nSPS) is 22.5. The fourth-order valence-electron chi connectivity index (χ4n) is 3.59. The van der Waals surface area contributed by atoms with Crippen molar-refractivity contribution in [2.24, 2.45) is 5.92 Å². The Bertz CT molecular complexity index is 749. The molecule has 4 heterocycles. The smallest absolute Gasteiger partial charge is 0.274 e. The highest BCUT2D eigenvalue weighted by Crippen LogP contribution is 2.22. The molecular formula is C19H23N5O2. The van der Waals surface area contributed by atoms with Crippen LogP contribution < -0.4 is 5.32 Å². The number of anilines is 1. The van der Waals surface area contributed by atoms with Crippen LogP contribution in [0.5, 0.6) is 0 Å². The largest absolute Gasteiger partial charge is 0.379 e. The second kappa shape index (κ2) is 7.78. The van der Waals surface area contributed by atoms with Crippen LogP contribution in [0, 0.1) is 5.92 Å². The summed E-state index contributed by atoms with van der Waals surface area (Å²) >= 11 is 0. The number of rotatable bonds is 5. The second-order valence-electron chi connectivity index (χ2n) is 6.90. The van der Waals surface area contributed by atoms with Crippen molar-refractivity contribution in [3.8, 4) is 0 Å². The van der Waals surface area contributed by atoms with E-state index in [1.807, 2.05) is 29.4 Å². The summed E-state index contributed by atoms with van der Waals surface area (Å²) in [7, 11) is 0. The van der Waals surface area contributed by atoms with E-state index in [0.29, 0.717) is 30.6 Å². The van der Waals surface area contributed by atoms with E-state index in [9.17, 15) is 4.79 Å². The Hall–Kier alpha value is -2.54. The van der Waals surface area contributed by atoms with Crippen molar-refractivity contribution in [2.45, 2.75) is 25.3 Å². The molecule has 2 atom stereocenters. The summed E-state index contributed by atoms with van der Waals surface area (Å²) in [5, 5.41) is 3.41. The average Bonchev–Trinajstić information content (AvgIpc) is 3.35. The van der Waals surface area contributed by atoms with Crippen LogP contribution in [0.15, 0.2) is 36.9 Å². The number of hydrogen-bond donors (Lipinski definition) is 1. The first-order valence-electron chi connectivity index (χ1n) is 9.14. The van der Waals surface area contributed by atoms with Crippen LogP contribution in [0.4, 0.5) is 5.82 Å². The van der Waals surface area contributed by atoms with Gasteiger partial charge in [-0.2, -0.15) is 0 Å². The van der Waals surface area contributed by atoms with E-state index in [0.717, 1.165) is 32.4 Å². The molecule has 1 N–H and O–H groups in total. The summed E-state index contributed by atoms with van der Waals surface area (Å²) in [5.74, 6) is 0.942. The molecule has 2 fully saturated rings. The lowest BCUT2D eigenvalue weighted by molar-refractivity contribution is 0.0786. The maximum atomic E-state index is 12.5. The lowest BCUT2D eigenvalue weighted by atomic mass is 9.95. The zero-order valence-corrected chi connectivity index (χ0v) is 14.7. The quantitative estimate of drug-likeness (QED) is 0.883. The van der Waals surface area contributed by atoms with E-state index in [-0.39, 0.29) is 11.9 Å². The molecule has 7 nitrogen and oxygen atoms in total. The molecule has 0 aliphatic carbocycles. The van der Waals surface area contributed by atoms with Gasteiger partial charge in [-0.15, -0.1) is 0 Å². The van der Waals surface area contributed by atoms with Gasteiger partial charge in [0.2, 0.25) is 0 Å². The van der Waals surface area contributed by atoms with Crippen LogP contribution in [0.25, 0.3) is 0 Å². The van der Waals surface area contributed by atoms with Gasteiger partial charge < -0.3 is 15.0 Å². The first kappa shape index (κ1) is 16.9. The van der Waals surface area contributed by atoms with Gasteiger partial charge in [0.1, 0.15) is 11.5 Å². The fraction of sp³-hybridized carbons (Fsp3) is 0.474. The molecular weight excluding hydrogens is 330 g/mol. The monoisotopic (exact) mass is 353 g/mol. The highest BCUT2D eigenvalue weighted by atomic mass is 16.5. The summed E-state index contributed by atoms with van der Waals surface area (Å²) < 4.78 is 5.67. The lowest BCUT2D eigenvalue weighted by Crippen LogP contribution is -2.31. The Balaban J connectivity index is 1.43. The van der Waals surface area contributed by atoms with Gasteiger partial charge in [-0.1, -0.05) is 0 Å². The Labute approximate surface area is 152 Å². The van der Waals surface area contributed by atoms with E-state index >= 15 is 0 Å². The van der Waals surface area contributed by atoms with Gasteiger partial charge in [0.15, 0.2) is 0 Å². The third-order valence-corrected chi connectivity index (χ3v) is 5.03. The summed E-state index contributed by atoms with van der Waals surface area (Å²) in [6.45, 7) is 2.95. The summed E-state index contributed by atoms with van der Waals surface area (Å²) in [4.78, 5) is 27.1. The molecule has 0 spiro atoms. The van der Waals surface area contributed by atoms with Crippen LogP contribution in [-0.2, 0) is 11.2 Å². The van der Waals surface area contributed by atoms with Crippen molar-refractivity contribution >= 4 is 11.7 Å². The molecule has 0 unspecified atom stereocenters. The van der Waals surface area contributed by atoms with E-state index in [1.54, 1.807) is 12.4 Å². The number of pyridine rings is 1. The van der Waals surface area contributed by atoms with Gasteiger partial charge >= 0.3 is 0 Å². The summed E-state index contributed by atoms with van der Waals surface area (Å²) in [5.41, 5.74) is 1.65. The topological polar surface area (TPSA) is 80.2 Å². The highest BCUT2D eigenvalue weighted by molar-refractivity contribution is 5.92. The van der Waals surface area contributed by atoms with Crippen LogP contribution >= 0.6 is 0 Å². The molecule has 0 radical (unpaired) electrons. The maximum absolute atomic E-state index is 12.5. The summed E-state index contributed by atoms with van der Waals surface area (Å²) in [6, 6.07) is 4.21. The lowest BCUT2D eigenvalue weighted by Gasteiger charge is -2.20. The Morgan fingerprint density at radius 2 is 1.96 bits per heavy atom. The number of carbonyl (C=O) groups is 1. The number of nitrogens with zero attached hydrogens (tertiary/aromatic N) is 4. The molecule has 1 amide bonds. The Morgan fingerprint density at radius 3 is 2.77 bits per heavy atom. The van der Waals surface area contributed by atoms with Crippen molar-refractivity contribution in [3.05, 3.63) is 48.2 Å². The molecule has 4 rings (SSSR count). The SMILES string of the molecule is O=C(c1cncc(N[C@H]2COC[C@H]2Cc2ccncc2)n1)N1CCCC1. The second-order valence-corrected chi connectivity index (χ2v) is 6.90. The van der Waals surface area contributed by atoms with E-state index in [1.165, 1.54) is 5.56 Å². The van der Waals surface area contributed by atoms with Gasteiger partial charge in [0, 0.05) is 31.4 Å². The zero-order chi connectivity index (χ0) is 17.8. The molecule has 2 aromatic rings. The number of hydrogen-bond acceptors (Lipinski definition) is 6. The van der Waals surface area contributed by atoms with Crippen LogP contribution in [-0.4, -0.2) is 58.1 Å². The van der Waals surface area contributed by atoms with Gasteiger partial charge in [0.25, 0.3) is 5.91 Å². The standard InChI is InChI=1S/C19H23N5O2/c25-19(24-7-1-2-8-24)16-10-21-11-18(22-16)23-17-13-26-12-15(17)9-14-3-5-20-6-4-14/h3-6,10-11,15,17H,1-2,7-9,12-13H2,(H,22,23)/t15-,17+/m1/s1. The molecule has 26 heavy (non-hydrogen) atoms. The molecule has 2 aliphatic rings. The molecule has 0 saturated carbocycles. The number of aromatic nitrogens is 3. The first-order chi connectivity index (χ1) is 12.8. The first-order valence-corrected chi connectivity index (χ1v) is 9.14. The molecule has 0 bridgehead atoms. The average molecular weight is 353 g/mol. The van der Waals surface area contributed by atoms with Gasteiger partial charge in [-0.05, 0) is 37.0 Å². The minimum absolute atomic E-state index is 0.0327. The molecule has 0 aromatic carbocycles. The van der Waals surface area contributed by atoms with Gasteiger partial charge in [-0.25, -0.2) is 4.98 Å². The predicted octanol–water partition coefficient (Wildman–Crippen LogP) is 1.78. The zero-order valence-electron chi connectivity index (χ0n) is 14.7. The van der Waals surface area contributed by atoms with Crippen LogP contribution in [0.2, 0.25) is 0 Å². The molecule has 2 aromatic heterocycles. The number of nitrogens with one attached hydrogen (secondary N) is 1. The van der Waals surface area contributed by atoms with Crippen molar-refractivity contribution in [2.75, 3.05) is 31.6 Å². The van der Waals surface area contributed by atoms with Crippen molar-refractivity contribution in [1.82, 2.24) is 19.9 Å². The number of ether oxygens (including phenoxy) is 1. The van der Waals surface area contributed by atoms with Crippen molar-refractivity contribution < 1.29 is 9.53 Å². The van der Waals surface area contributed by atoms with Gasteiger partial charge in [0.05, 0.1) is 31.6 Å². The third-order valence-electron chi connectivity index (χ3n) is 5.03. The minimum atomic E-state index is -0.0327. The van der Waals surface area contributed by atoms with E-state index in [4.69, 9.17) is 4.74 Å². The highest BCUT2D eigenvalue weighted by Gasteiger charge is 2.29. The predicted molar refractivity (Wildman–Crippen MR) is 96.8 cm³/mol. The van der Waals surface area contributed by atoms with Crippen LogP contribution in [0.1, 0.15) is 28.9 Å². The summed E-state index contributed by atoms with van der Waals surface area (Å²) in [6.07, 6.45) is 9.88. The molecule has 2 aliphatic heterocycles. The van der Waals surface area contributed by atoms with Crippen molar-refractivity contribution in [1.29, 1.82) is 0 Å². The van der Waals surface area contributed by atoms with Gasteiger partial charge in [-0.3, -0.25) is 14.8 Å². The minimum Gasteiger partial charge on any atom is -0.379 e. The number of likely N-dealkylation sites (tertiary alicyclic amines) is 1. The van der Waals surface area contributed by atoms with Crippen LogP contribution in [0.3, 0.4) is 0 Å². The van der Waals surface area contributed by atoms with Crippen molar-refractivity contribution in [3.63, 3.8) is 0 Å². The maximum Gasteiger partial charge on any atom is 0.274 e. The Kier molecular flexibility index (Phi) is 5.06. The number of amides is 1. The molecule has 136 valence electrons. The van der Waals surface area contributed by atoms with E-state index < -0.39 is 0 Å². The molecule has 7 heteroatoms. The fourth-order valence-corrected chi connectivity index (χ4v) is 3.59. The Morgan fingerprint density at radius 1 is 1.15 bits per heavy atom. The third kappa shape index (κ3) is 3.83. The molecule has 2 saturated heterocycles.